The zero-order valence-corrected chi connectivity index (χ0v) is 12.3. The highest BCUT2D eigenvalue weighted by Gasteiger charge is 2.27. The van der Waals surface area contributed by atoms with E-state index in [1.807, 2.05) is 0 Å². The number of urea groups is 1. The lowest BCUT2D eigenvalue weighted by molar-refractivity contribution is 0.0698. The molecule has 0 spiro atoms. The fourth-order valence-corrected chi connectivity index (χ4v) is 2.54. The number of halogens is 2. The van der Waals surface area contributed by atoms with Gasteiger partial charge in [0.25, 0.3) is 0 Å². The summed E-state index contributed by atoms with van der Waals surface area (Å²) >= 11 is 11.8. The smallest absolute Gasteiger partial charge is 0.337 e. The highest BCUT2D eigenvalue weighted by Crippen LogP contribution is 2.31. The number of carbonyl (C=O) groups is 2. The van der Waals surface area contributed by atoms with Crippen LogP contribution in [0.3, 0.4) is 0 Å². The van der Waals surface area contributed by atoms with Gasteiger partial charge in [0.1, 0.15) is 0 Å². The quantitative estimate of drug-likeness (QED) is 0.893. The molecule has 0 aromatic heterocycles. The van der Waals surface area contributed by atoms with Gasteiger partial charge in [0.2, 0.25) is 0 Å². The van der Waals surface area contributed by atoms with Crippen LogP contribution in [0, 0.1) is 0 Å². The third kappa shape index (κ3) is 2.99. The molecule has 1 fully saturated rings. The highest BCUT2D eigenvalue weighted by atomic mass is 35.5. The number of anilines is 1. The molecule has 0 unspecified atom stereocenters. The maximum Gasteiger partial charge on any atom is 0.337 e. The summed E-state index contributed by atoms with van der Waals surface area (Å²) in [7, 11) is 1.68. The van der Waals surface area contributed by atoms with E-state index in [1.54, 1.807) is 11.9 Å². The van der Waals surface area contributed by atoms with Crippen molar-refractivity contribution < 1.29 is 14.7 Å². The molecule has 5 nitrogen and oxygen atoms in total. The van der Waals surface area contributed by atoms with Crippen molar-refractivity contribution in [3.8, 4) is 0 Å². The van der Waals surface area contributed by atoms with Gasteiger partial charge in [-0.25, -0.2) is 9.59 Å². The summed E-state index contributed by atoms with van der Waals surface area (Å²) in [6, 6.07) is 2.49. The molecule has 7 heteroatoms. The molecular formula is C13H14Cl2N2O3. The molecule has 0 heterocycles. The molecule has 0 radical (unpaired) electrons. The average molecular weight is 317 g/mol. The number of hydrogen-bond donors (Lipinski definition) is 2. The molecule has 20 heavy (non-hydrogen) atoms. The van der Waals surface area contributed by atoms with Crippen LogP contribution in [0.4, 0.5) is 10.5 Å². The van der Waals surface area contributed by atoms with Crippen molar-refractivity contribution >= 4 is 40.9 Å². The second-order valence-electron chi connectivity index (χ2n) is 4.74. The summed E-state index contributed by atoms with van der Waals surface area (Å²) in [5.41, 5.74) is -0.0578. The van der Waals surface area contributed by atoms with Crippen molar-refractivity contribution in [2.75, 3.05) is 12.4 Å². The van der Waals surface area contributed by atoms with Crippen LogP contribution in [0.2, 0.25) is 10.0 Å². The molecule has 1 aromatic rings. The van der Waals surface area contributed by atoms with E-state index in [2.05, 4.69) is 5.32 Å². The van der Waals surface area contributed by atoms with Gasteiger partial charge in [0, 0.05) is 18.1 Å². The van der Waals surface area contributed by atoms with Gasteiger partial charge in [0.15, 0.2) is 0 Å². The van der Waals surface area contributed by atoms with E-state index < -0.39 is 5.97 Å². The molecule has 108 valence electrons. The number of carboxylic acid groups (broad SMARTS) is 1. The van der Waals surface area contributed by atoms with E-state index in [0.29, 0.717) is 0 Å². The Morgan fingerprint density at radius 2 is 2.00 bits per heavy atom. The van der Waals surface area contributed by atoms with Gasteiger partial charge >= 0.3 is 12.0 Å². The Morgan fingerprint density at radius 3 is 2.50 bits per heavy atom. The van der Waals surface area contributed by atoms with Gasteiger partial charge < -0.3 is 15.3 Å². The maximum atomic E-state index is 12.1. The van der Waals surface area contributed by atoms with Crippen molar-refractivity contribution in [2.24, 2.45) is 0 Å². The number of amides is 2. The first-order chi connectivity index (χ1) is 9.40. The van der Waals surface area contributed by atoms with Crippen LogP contribution in [0.1, 0.15) is 29.6 Å². The Labute approximate surface area is 126 Å². The molecule has 0 saturated heterocycles. The number of rotatable bonds is 3. The topological polar surface area (TPSA) is 69.6 Å². The van der Waals surface area contributed by atoms with Crippen LogP contribution < -0.4 is 5.32 Å². The standard InChI is InChI=1S/C13H14Cl2N2O3/c1-17(8-3-2-4-8)13(20)16-11-9(12(18)19)5-7(14)6-10(11)15/h5-6,8H,2-4H2,1H3,(H,16,20)(H,18,19). The van der Waals surface area contributed by atoms with Crippen molar-refractivity contribution in [1.29, 1.82) is 0 Å². The third-order valence-corrected chi connectivity index (χ3v) is 3.98. The summed E-state index contributed by atoms with van der Waals surface area (Å²) in [4.78, 5) is 24.9. The minimum Gasteiger partial charge on any atom is -0.478 e. The number of aromatic carboxylic acids is 1. The summed E-state index contributed by atoms with van der Waals surface area (Å²) < 4.78 is 0. The molecule has 0 bridgehead atoms. The molecule has 0 aliphatic heterocycles. The number of nitrogens with one attached hydrogen (secondary N) is 1. The van der Waals surface area contributed by atoms with Gasteiger partial charge in [0.05, 0.1) is 16.3 Å². The summed E-state index contributed by atoms with van der Waals surface area (Å²) in [5, 5.41) is 12.0. The number of carboxylic acids is 1. The van der Waals surface area contributed by atoms with Crippen LogP contribution in [-0.2, 0) is 0 Å². The molecular weight excluding hydrogens is 303 g/mol. The Bertz CT molecular complexity index is 559. The molecule has 1 aliphatic carbocycles. The van der Waals surface area contributed by atoms with Gasteiger partial charge in [-0.3, -0.25) is 0 Å². The predicted octanol–water partition coefficient (Wildman–Crippen LogP) is 3.71. The first-order valence-electron chi connectivity index (χ1n) is 6.16. The van der Waals surface area contributed by atoms with Crippen LogP contribution in [0.25, 0.3) is 0 Å². The third-order valence-electron chi connectivity index (χ3n) is 3.46. The second-order valence-corrected chi connectivity index (χ2v) is 5.58. The molecule has 2 amide bonds. The normalized spacial score (nSPS) is 14.6. The number of hydrogen-bond acceptors (Lipinski definition) is 2. The van der Waals surface area contributed by atoms with E-state index in [9.17, 15) is 9.59 Å². The fourth-order valence-electron chi connectivity index (χ4n) is 2.00. The number of benzene rings is 1. The monoisotopic (exact) mass is 316 g/mol. The van der Waals surface area contributed by atoms with Crippen molar-refractivity contribution in [3.05, 3.63) is 27.7 Å². The minimum absolute atomic E-state index is 0.0692. The largest absolute Gasteiger partial charge is 0.478 e. The summed E-state index contributed by atoms with van der Waals surface area (Å²) in [5.74, 6) is -1.20. The van der Waals surface area contributed by atoms with Crippen LogP contribution in [-0.4, -0.2) is 35.1 Å². The molecule has 1 saturated carbocycles. The molecule has 1 aromatic carbocycles. The van der Waals surface area contributed by atoms with Gasteiger partial charge in [-0.15, -0.1) is 0 Å². The van der Waals surface area contributed by atoms with Crippen LogP contribution >= 0.6 is 23.2 Å². The van der Waals surface area contributed by atoms with Crippen molar-refractivity contribution in [2.45, 2.75) is 25.3 Å². The van der Waals surface area contributed by atoms with Gasteiger partial charge in [-0.2, -0.15) is 0 Å². The van der Waals surface area contributed by atoms with Crippen molar-refractivity contribution in [3.63, 3.8) is 0 Å². The second kappa shape index (κ2) is 5.89. The van der Waals surface area contributed by atoms with Gasteiger partial charge in [-0.05, 0) is 31.4 Å². The number of nitrogens with zero attached hydrogens (tertiary/aromatic N) is 1. The Hall–Kier alpha value is -1.46. The molecule has 0 atom stereocenters. The average Bonchev–Trinajstić information content (AvgIpc) is 2.29. The predicted molar refractivity (Wildman–Crippen MR) is 77.8 cm³/mol. The minimum atomic E-state index is -1.20. The molecule has 2 N–H and O–H groups in total. The van der Waals surface area contributed by atoms with Crippen LogP contribution in [0.5, 0.6) is 0 Å². The Balaban J connectivity index is 2.23. The first-order valence-corrected chi connectivity index (χ1v) is 6.92. The van der Waals surface area contributed by atoms with E-state index in [0.717, 1.165) is 19.3 Å². The fraction of sp³-hybridized carbons (Fsp3) is 0.385. The molecule has 2 rings (SSSR count). The van der Waals surface area contributed by atoms with Crippen molar-refractivity contribution in [1.82, 2.24) is 4.90 Å². The van der Waals surface area contributed by atoms with E-state index >= 15 is 0 Å². The zero-order valence-electron chi connectivity index (χ0n) is 10.8. The first kappa shape index (κ1) is 14.9. The molecule has 1 aliphatic rings. The summed E-state index contributed by atoms with van der Waals surface area (Å²) in [6.45, 7) is 0. The number of carbonyl (C=O) groups excluding carboxylic acids is 1. The van der Waals surface area contributed by atoms with Crippen LogP contribution in [0.15, 0.2) is 12.1 Å². The highest BCUT2D eigenvalue weighted by molar-refractivity contribution is 6.37. The van der Waals surface area contributed by atoms with E-state index in [4.69, 9.17) is 28.3 Å². The zero-order chi connectivity index (χ0) is 14.9. The lowest BCUT2D eigenvalue weighted by Gasteiger charge is -2.34. The van der Waals surface area contributed by atoms with Gasteiger partial charge in [-0.1, -0.05) is 23.2 Å². The lowest BCUT2D eigenvalue weighted by Crippen LogP contribution is -2.43. The lowest BCUT2D eigenvalue weighted by atomic mass is 9.92. The maximum absolute atomic E-state index is 12.1. The Kier molecular flexibility index (Phi) is 4.40. The Morgan fingerprint density at radius 1 is 1.35 bits per heavy atom. The van der Waals surface area contributed by atoms with E-state index in [1.165, 1.54) is 12.1 Å². The summed E-state index contributed by atoms with van der Waals surface area (Å²) in [6.07, 6.45) is 3.03. The SMILES string of the molecule is CN(C(=O)Nc1c(Cl)cc(Cl)cc1C(=O)O)C1CCC1. The van der Waals surface area contributed by atoms with E-state index in [-0.39, 0.29) is 33.4 Å².